The van der Waals surface area contributed by atoms with Crippen molar-refractivity contribution in [3.63, 3.8) is 0 Å². The third-order valence-electron chi connectivity index (χ3n) is 3.45. The van der Waals surface area contributed by atoms with Gasteiger partial charge in [0, 0.05) is 6.42 Å². The van der Waals surface area contributed by atoms with Gasteiger partial charge in [0.05, 0.1) is 7.11 Å². The van der Waals surface area contributed by atoms with E-state index >= 15 is 0 Å². The first-order chi connectivity index (χ1) is 6.85. The van der Waals surface area contributed by atoms with Crippen molar-refractivity contribution in [2.45, 2.75) is 40.0 Å². The van der Waals surface area contributed by atoms with Gasteiger partial charge in [-0.25, -0.2) is 0 Å². The molecule has 15 heavy (non-hydrogen) atoms. The van der Waals surface area contributed by atoms with Crippen LogP contribution in [0.3, 0.4) is 0 Å². The summed E-state index contributed by atoms with van der Waals surface area (Å²) in [5.74, 6) is 0.813. The average molecular weight is 210 g/mol. The SMILES string of the molecule is C=C(C)[C@@H]1CC(C)(C)C[C@@H]1CC(=O)OC. The van der Waals surface area contributed by atoms with Gasteiger partial charge in [0.25, 0.3) is 0 Å². The number of hydrogen-bond donors (Lipinski definition) is 0. The summed E-state index contributed by atoms with van der Waals surface area (Å²) in [6.07, 6.45) is 2.78. The zero-order valence-electron chi connectivity index (χ0n) is 10.3. The van der Waals surface area contributed by atoms with E-state index in [1.807, 2.05) is 0 Å². The van der Waals surface area contributed by atoms with Gasteiger partial charge < -0.3 is 4.74 Å². The molecule has 0 spiro atoms. The molecule has 0 bridgehead atoms. The second-order valence-corrected chi connectivity index (χ2v) is 5.57. The molecular weight excluding hydrogens is 188 g/mol. The van der Waals surface area contributed by atoms with Gasteiger partial charge in [-0.2, -0.15) is 0 Å². The molecule has 0 saturated heterocycles. The second kappa shape index (κ2) is 4.38. The maximum atomic E-state index is 11.3. The average Bonchev–Trinajstić information content (AvgIpc) is 2.41. The van der Waals surface area contributed by atoms with Crippen molar-refractivity contribution in [2.24, 2.45) is 17.3 Å². The predicted molar refractivity (Wildman–Crippen MR) is 61.4 cm³/mol. The lowest BCUT2D eigenvalue weighted by Gasteiger charge is -2.18. The molecule has 0 heterocycles. The molecule has 86 valence electrons. The molecule has 0 N–H and O–H groups in total. The number of esters is 1. The lowest BCUT2D eigenvalue weighted by atomic mass is 9.88. The summed E-state index contributed by atoms with van der Waals surface area (Å²) in [4.78, 5) is 11.3. The van der Waals surface area contributed by atoms with Crippen molar-refractivity contribution >= 4 is 5.97 Å². The Morgan fingerprint density at radius 2 is 2.07 bits per heavy atom. The van der Waals surface area contributed by atoms with E-state index in [-0.39, 0.29) is 5.97 Å². The maximum absolute atomic E-state index is 11.3. The molecule has 0 aromatic carbocycles. The van der Waals surface area contributed by atoms with Crippen LogP contribution in [0.2, 0.25) is 0 Å². The molecule has 2 nitrogen and oxygen atoms in total. The van der Waals surface area contributed by atoms with Gasteiger partial charge in [-0.15, -0.1) is 0 Å². The monoisotopic (exact) mass is 210 g/mol. The molecule has 0 aliphatic heterocycles. The van der Waals surface area contributed by atoms with Crippen LogP contribution in [-0.4, -0.2) is 13.1 Å². The van der Waals surface area contributed by atoms with Gasteiger partial charge in [-0.1, -0.05) is 26.0 Å². The number of ether oxygens (including phenoxy) is 1. The highest BCUT2D eigenvalue weighted by molar-refractivity contribution is 5.69. The molecule has 1 fully saturated rings. The number of allylic oxidation sites excluding steroid dienone is 1. The molecule has 0 aromatic rings. The third-order valence-corrected chi connectivity index (χ3v) is 3.45. The van der Waals surface area contributed by atoms with E-state index in [1.165, 1.54) is 12.7 Å². The van der Waals surface area contributed by atoms with Crippen molar-refractivity contribution in [3.8, 4) is 0 Å². The highest BCUT2D eigenvalue weighted by atomic mass is 16.5. The summed E-state index contributed by atoms with van der Waals surface area (Å²) in [6.45, 7) is 10.6. The Labute approximate surface area is 92.7 Å². The van der Waals surface area contributed by atoms with Crippen LogP contribution in [-0.2, 0) is 9.53 Å². The van der Waals surface area contributed by atoms with E-state index in [4.69, 9.17) is 4.74 Å². The van der Waals surface area contributed by atoms with Crippen molar-refractivity contribution in [1.82, 2.24) is 0 Å². The van der Waals surface area contributed by atoms with Crippen LogP contribution in [0.4, 0.5) is 0 Å². The summed E-state index contributed by atoms with van der Waals surface area (Å²) in [7, 11) is 1.46. The lowest BCUT2D eigenvalue weighted by Crippen LogP contribution is -2.14. The molecule has 1 aliphatic rings. The third kappa shape index (κ3) is 3.08. The zero-order chi connectivity index (χ0) is 11.6. The standard InChI is InChI=1S/C13H22O2/c1-9(2)11-8-13(3,4)7-10(11)6-12(14)15-5/h10-11H,1,6-8H2,2-5H3/t10-,11-/m0/s1. The smallest absolute Gasteiger partial charge is 0.305 e. The largest absolute Gasteiger partial charge is 0.469 e. The first-order valence-electron chi connectivity index (χ1n) is 5.58. The molecule has 1 saturated carbocycles. The quantitative estimate of drug-likeness (QED) is 0.528. The van der Waals surface area contributed by atoms with Crippen LogP contribution in [0.1, 0.15) is 40.0 Å². The first-order valence-corrected chi connectivity index (χ1v) is 5.58. The molecule has 1 aliphatic carbocycles. The topological polar surface area (TPSA) is 26.3 Å². The number of methoxy groups -OCH3 is 1. The summed E-state index contributed by atoms with van der Waals surface area (Å²) in [5.41, 5.74) is 1.54. The summed E-state index contributed by atoms with van der Waals surface area (Å²) < 4.78 is 4.74. The number of carbonyl (C=O) groups excluding carboxylic acids is 1. The van der Waals surface area contributed by atoms with E-state index in [1.54, 1.807) is 0 Å². The van der Waals surface area contributed by atoms with E-state index in [0.717, 1.165) is 12.8 Å². The predicted octanol–water partition coefficient (Wildman–Crippen LogP) is 3.18. The Balaban J connectivity index is 2.69. The molecule has 2 heteroatoms. The van der Waals surface area contributed by atoms with Gasteiger partial charge in [0.15, 0.2) is 0 Å². The Bertz CT molecular complexity index is 266. The molecule has 0 unspecified atom stereocenters. The van der Waals surface area contributed by atoms with Crippen LogP contribution >= 0.6 is 0 Å². The second-order valence-electron chi connectivity index (χ2n) is 5.57. The van der Waals surface area contributed by atoms with E-state index in [9.17, 15) is 4.79 Å². The van der Waals surface area contributed by atoms with E-state index < -0.39 is 0 Å². The zero-order valence-corrected chi connectivity index (χ0v) is 10.3. The minimum atomic E-state index is -0.0936. The van der Waals surface area contributed by atoms with Crippen LogP contribution in [0.5, 0.6) is 0 Å². The van der Waals surface area contributed by atoms with Gasteiger partial charge >= 0.3 is 5.97 Å². The van der Waals surface area contributed by atoms with Gasteiger partial charge in [0.2, 0.25) is 0 Å². The molecular formula is C13H22O2. The van der Waals surface area contributed by atoms with Crippen molar-refractivity contribution in [1.29, 1.82) is 0 Å². The Kier molecular flexibility index (Phi) is 3.58. The molecule has 0 radical (unpaired) electrons. The maximum Gasteiger partial charge on any atom is 0.305 e. The molecule has 0 aromatic heterocycles. The Morgan fingerprint density at radius 3 is 2.53 bits per heavy atom. The lowest BCUT2D eigenvalue weighted by molar-refractivity contribution is -0.141. The molecule has 2 atom stereocenters. The van der Waals surface area contributed by atoms with Crippen LogP contribution in [0, 0.1) is 17.3 Å². The van der Waals surface area contributed by atoms with Gasteiger partial charge in [-0.3, -0.25) is 4.79 Å². The van der Waals surface area contributed by atoms with Crippen molar-refractivity contribution in [2.75, 3.05) is 7.11 Å². The normalized spacial score (nSPS) is 28.8. The fourth-order valence-electron chi connectivity index (χ4n) is 2.79. The van der Waals surface area contributed by atoms with Crippen LogP contribution in [0.15, 0.2) is 12.2 Å². The Morgan fingerprint density at radius 1 is 1.47 bits per heavy atom. The Hall–Kier alpha value is -0.790. The number of hydrogen-bond acceptors (Lipinski definition) is 2. The van der Waals surface area contributed by atoms with E-state index in [2.05, 4.69) is 27.4 Å². The minimum absolute atomic E-state index is 0.0936. The summed E-state index contributed by atoms with van der Waals surface area (Å²) in [5, 5.41) is 0. The van der Waals surface area contributed by atoms with Gasteiger partial charge in [-0.05, 0) is 37.0 Å². The van der Waals surface area contributed by atoms with Crippen LogP contribution in [0.25, 0.3) is 0 Å². The van der Waals surface area contributed by atoms with Crippen LogP contribution < -0.4 is 0 Å². The summed E-state index contributed by atoms with van der Waals surface area (Å²) in [6, 6.07) is 0. The highest BCUT2D eigenvalue weighted by Crippen LogP contribution is 2.48. The number of rotatable bonds is 3. The molecule has 1 rings (SSSR count). The fraction of sp³-hybridized carbons (Fsp3) is 0.769. The highest BCUT2D eigenvalue weighted by Gasteiger charge is 2.40. The van der Waals surface area contributed by atoms with Crippen molar-refractivity contribution < 1.29 is 9.53 Å². The first kappa shape index (κ1) is 12.3. The summed E-state index contributed by atoms with van der Waals surface area (Å²) >= 11 is 0. The fourth-order valence-corrected chi connectivity index (χ4v) is 2.79. The van der Waals surface area contributed by atoms with E-state index in [0.29, 0.717) is 23.7 Å². The van der Waals surface area contributed by atoms with Crippen molar-refractivity contribution in [3.05, 3.63) is 12.2 Å². The molecule has 0 amide bonds. The minimum Gasteiger partial charge on any atom is -0.469 e. The van der Waals surface area contributed by atoms with Gasteiger partial charge in [0.1, 0.15) is 0 Å². The number of carbonyl (C=O) groups is 1.